The predicted molar refractivity (Wildman–Crippen MR) is 71.9 cm³/mol. The molecule has 0 amide bonds. The minimum Gasteiger partial charge on any atom is -0.511 e. The molecule has 1 heterocycles. The van der Waals surface area contributed by atoms with Crippen LogP contribution < -0.4 is 10.7 Å². The van der Waals surface area contributed by atoms with Crippen molar-refractivity contribution in [1.82, 2.24) is 9.97 Å². The number of hydrogen-bond acceptors (Lipinski definition) is 4. The second-order valence-corrected chi connectivity index (χ2v) is 4.73. The summed E-state index contributed by atoms with van der Waals surface area (Å²) in [6.45, 7) is 3.70. The van der Waals surface area contributed by atoms with Crippen LogP contribution >= 0.6 is 11.8 Å². The second-order valence-electron chi connectivity index (χ2n) is 3.75. The lowest BCUT2D eigenvalue weighted by molar-refractivity contribution is -0.133. The maximum atomic E-state index is 10.4. The summed E-state index contributed by atoms with van der Waals surface area (Å²) in [6, 6.07) is 5.31. The van der Waals surface area contributed by atoms with Gasteiger partial charge in [0, 0.05) is 5.22 Å². The molecule has 0 unspecified atom stereocenters. The Balaban J connectivity index is 2.27. The van der Waals surface area contributed by atoms with Crippen molar-refractivity contribution in [2.75, 3.05) is 11.5 Å². The van der Waals surface area contributed by atoms with Crippen molar-refractivity contribution in [1.29, 1.82) is 0 Å². The topological polar surface area (TPSA) is 86.2 Å². The van der Waals surface area contributed by atoms with Crippen LogP contribution in [0, 0.1) is 0 Å². The van der Waals surface area contributed by atoms with Gasteiger partial charge in [-0.05, 0) is 18.2 Å². The Morgan fingerprint density at radius 1 is 1.39 bits per heavy atom. The van der Waals surface area contributed by atoms with Crippen molar-refractivity contribution >= 4 is 41.1 Å². The number of aromatic nitrogens is 2. The van der Waals surface area contributed by atoms with Gasteiger partial charge < -0.3 is 15.2 Å². The van der Waals surface area contributed by atoms with Gasteiger partial charge in [-0.25, -0.2) is 4.98 Å². The molecule has 18 heavy (non-hydrogen) atoms. The van der Waals surface area contributed by atoms with Gasteiger partial charge in [-0.2, -0.15) is 0 Å². The Bertz CT molecular complexity index is 693. The molecule has 0 bridgehead atoms. The third-order valence-corrected chi connectivity index (χ3v) is 3.26. The summed E-state index contributed by atoms with van der Waals surface area (Å²) in [6.07, 6.45) is 0. The van der Waals surface area contributed by atoms with Gasteiger partial charge in [0.25, 0.3) is 0 Å². The zero-order valence-corrected chi connectivity index (χ0v) is 10.3. The van der Waals surface area contributed by atoms with Crippen molar-refractivity contribution in [3.8, 4) is 0 Å². The Morgan fingerprint density at radius 2 is 2.17 bits per heavy atom. The van der Waals surface area contributed by atoms with Crippen LogP contribution in [0.15, 0.2) is 18.2 Å². The quantitative estimate of drug-likeness (QED) is 0.747. The maximum absolute atomic E-state index is 10.4. The van der Waals surface area contributed by atoms with E-state index in [4.69, 9.17) is 5.11 Å². The largest absolute Gasteiger partial charge is 0.511 e. The maximum Gasteiger partial charge on any atom is 0.313 e. The van der Waals surface area contributed by atoms with Gasteiger partial charge in [-0.15, -0.1) is 11.8 Å². The number of imidazole rings is 1. The number of carboxylic acid groups (broad SMARTS) is 1. The molecule has 0 aliphatic carbocycles. The van der Waals surface area contributed by atoms with Crippen LogP contribution in [0.4, 0.5) is 0 Å². The highest BCUT2D eigenvalue weighted by Gasteiger charge is 2.02. The van der Waals surface area contributed by atoms with Crippen LogP contribution in [-0.2, 0) is 4.79 Å². The zero-order valence-electron chi connectivity index (χ0n) is 9.51. The van der Waals surface area contributed by atoms with Gasteiger partial charge in [-0.1, -0.05) is 6.58 Å². The van der Waals surface area contributed by atoms with Crippen LogP contribution in [0.2, 0.25) is 0 Å². The third-order valence-electron chi connectivity index (χ3n) is 2.33. The van der Waals surface area contributed by atoms with Crippen molar-refractivity contribution in [3.63, 3.8) is 0 Å². The van der Waals surface area contributed by atoms with Gasteiger partial charge in [0.2, 0.25) is 0 Å². The lowest BCUT2D eigenvalue weighted by Gasteiger charge is -1.98. The van der Waals surface area contributed by atoms with E-state index in [1.807, 2.05) is 0 Å². The normalized spacial score (nSPS) is 12.7. The fraction of sp³-hybridized carbons (Fsp3) is 0.167. The molecule has 0 atom stereocenters. The van der Waals surface area contributed by atoms with Gasteiger partial charge in [0.15, 0.2) is 0 Å². The van der Waals surface area contributed by atoms with E-state index < -0.39 is 5.97 Å². The fourth-order valence-corrected chi connectivity index (χ4v) is 2.20. The molecular weight excluding hydrogens is 252 g/mol. The van der Waals surface area contributed by atoms with E-state index in [9.17, 15) is 9.90 Å². The van der Waals surface area contributed by atoms with Gasteiger partial charge in [0.05, 0.1) is 22.5 Å². The van der Waals surface area contributed by atoms with Crippen molar-refractivity contribution in [2.45, 2.75) is 0 Å². The summed E-state index contributed by atoms with van der Waals surface area (Å²) in [4.78, 5) is 17.5. The number of carbonyl (C=O) groups is 1. The number of aliphatic hydroxyl groups is 1. The summed E-state index contributed by atoms with van der Waals surface area (Å²) in [5.41, 5.74) is 2.16. The molecule has 5 nitrogen and oxygen atoms in total. The number of thioether (sulfide) groups is 1. The average Bonchev–Trinajstić information content (AvgIpc) is 2.67. The molecule has 1 aromatic carbocycles. The highest BCUT2D eigenvalue weighted by atomic mass is 32.2. The highest BCUT2D eigenvalue weighted by molar-refractivity contribution is 8.00. The number of nitrogens with one attached hydrogen (secondary N) is 1. The van der Waals surface area contributed by atoms with E-state index in [2.05, 4.69) is 16.5 Å². The number of carboxylic acids is 1. The zero-order chi connectivity index (χ0) is 13.1. The molecule has 2 rings (SSSR count). The number of fused-ring (bicyclic) bond motifs is 1. The van der Waals surface area contributed by atoms with E-state index in [0.717, 1.165) is 22.8 Å². The summed E-state index contributed by atoms with van der Waals surface area (Å²) in [5, 5.41) is 19.0. The lowest BCUT2D eigenvalue weighted by Crippen LogP contribution is -2.08. The number of hydrogen-bond donors (Lipinski definition) is 3. The molecule has 2 aromatic rings. The van der Waals surface area contributed by atoms with Crippen molar-refractivity contribution in [3.05, 3.63) is 28.9 Å². The molecule has 94 valence electrons. The van der Waals surface area contributed by atoms with E-state index in [-0.39, 0.29) is 17.3 Å². The molecule has 0 aliphatic rings. The molecule has 0 saturated heterocycles. The number of aromatic amines is 1. The molecule has 3 N–H and O–H groups in total. The van der Waals surface area contributed by atoms with Gasteiger partial charge in [0.1, 0.15) is 11.2 Å². The number of aliphatic hydroxyl groups excluding tert-OH is 1. The van der Waals surface area contributed by atoms with Crippen molar-refractivity contribution < 1.29 is 15.0 Å². The first-order chi connectivity index (χ1) is 8.56. The van der Waals surface area contributed by atoms with E-state index in [1.165, 1.54) is 0 Å². The summed E-state index contributed by atoms with van der Waals surface area (Å²) < 4.78 is 0. The highest BCUT2D eigenvalue weighted by Crippen LogP contribution is 2.06. The SMILES string of the molecule is C=c1nc2cc/c(=C(/O)CSCC(=O)O)cc2[nH]1. The molecule has 0 aliphatic heterocycles. The number of H-pyrrole nitrogens is 1. The summed E-state index contributed by atoms with van der Waals surface area (Å²) >= 11 is 1.15. The molecule has 0 radical (unpaired) electrons. The lowest BCUT2D eigenvalue weighted by atomic mass is 10.2. The van der Waals surface area contributed by atoms with Crippen molar-refractivity contribution in [2.24, 2.45) is 0 Å². The number of rotatable bonds is 4. The standard InChI is InChI=1S/C12H12N2O3S/c1-7-13-9-3-2-8(4-10(9)14-7)11(15)5-18-6-12(16)17/h2-4,14-15H,1,5-6H2,(H,16,17)/b11-8-. The minimum absolute atomic E-state index is 0.0284. The Morgan fingerprint density at radius 3 is 2.89 bits per heavy atom. The molecule has 1 aromatic heterocycles. The minimum atomic E-state index is -0.890. The van der Waals surface area contributed by atoms with Crippen LogP contribution in [0.25, 0.3) is 23.4 Å². The van der Waals surface area contributed by atoms with E-state index in [1.54, 1.807) is 18.2 Å². The summed E-state index contributed by atoms with van der Waals surface area (Å²) in [5.74, 6) is -0.496. The Kier molecular flexibility index (Phi) is 3.57. The number of nitrogens with zero attached hydrogens (tertiary/aromatic N) is 1. The number of benzene rings is 1. The van der Waals surface area contributed by atoms with Crippen LogP contribution in [0.5, 0.6) is 0 Å². The molecule has 0 spiro atoms. The smallest absolute Gasteiger partial charge is 0.313 e. The van der Waals surface area contributed by atoms with Crippen LogP contribution in [0.3, 0.4) is 0 Å². The summed E-state index contributed by atoms with van der Waals surface area (Å²) in [7, 11) is 0. The Labute approximate surface area is 107 Å². The molecule has 0 saturated carbocycles. The second kappa shape index (κ2) is 5.14. The first-order valence-corrected chi connectivity index (χ1v) is 6.38. The molecule has 6 heteroatoms. The predicted octanol–water partition coefficient (Wildman–Crippen LogP) is 0.457. The van der Waals surface area contributed by atoms with E-state index in [0.29, 0.717) is 10.7 Å². The monoisotopic (exact) mass is 264 g/mol. The van der Waals surface area contributed by atoms with Crippen LogP contribution in [-0.4, -0.2) is 37.7 Å². The third kappa shape index (κ3) is 2.84. The molecular formula is C12H12N2O3S. The average molecular weight is 264 g/mol. The van der Waals surface area contributed by atoms with Gasteiger partial charge in [-0.3, -0.25) is 4.79 Å². The van der Waals surface area contributed by atoms with E-state index >= 15 is 0 Å². The first kappa shape index (κ1) is 12.5. The fourth-order valence-electron chi connectivity index (χ4n) is 1.56. The molecule has 0 fully saturated rings. The number of aliphatic carboxylic acids is 1. The Hall–Kier alpha value is -1.95. The van der Waals surface area contributed by atoms with Crippen LogP contribution in [0.1, 0.15) is 0 Å². The first-order valence-electron chi connectivity index (χ1n) is 5.22. The van der Waals surface area contributed by atoms with Gasteiger partial charge >= 0.3 is 5.97 Å².